The van der Waals surface area contributed by atoms with Gasteiger partial charge in [-0.1, -0.05) is 71.7 Å². The van der Waals surface area contributed by atoms with Crippen LogP contribution in [0, 0.1) is 0 Å². The molecule has 1 N–H and O–H groups in total. The lowest BCUT2D eigenvalue weighted by Gasteiger charge is -2.36. The number of carbonyl (C=O) groups is 2. The summed E-state index contributed by atoms with van der Waals surface area (Å²) in [6, 6.07) is 20.5. The van der Waals surface area contributed by atoms with E-state index in [1.54, 1.807) is 48.5 Å². The summed E-state index contributed by atoms with van der Waals surface area (Å²) in [5.74, 6) is -1.76. The van der Waals surface area contributed by atoms with Crippen LogP contribution in [0.1, 0.15) is 28.3 Å². The molecule has 2 aliphatic heterocycles. The van der Waals surface area contributed by atoms with Gasteiger partial charge in [0.1, 0.15) is 5.57 Å². The molecule has 3 aromatic carbocycles. The quantitative estimate of drug-likeness (QED) is 0.372. The van der Waals surface area contributed by atoms with Crippen LogP contribution < -0.4 is 5.32 Å². The SMILES string of the molecule is O=C1C(=CC2NCCc3ccccc32)C(=O)N(Cc2cccc(Cl)c2)S(=O)(=O)N1Cc1cccc(Cl)c1. The van der Waals surface area contributed by atoms with E-state index < -0.39 is 28.1 Å². The maximum Gasteiger partial charge on any atom is 0.331 e. The molecule has 0 aliphatic carbocycles. The zero-order chi connectivity index (χ0) is 26.2. The van der Waals surface area contributed by atoms with Gasteiger partial charge >= 0.3 is 10.2 Å². The summed E-state index contributed by atoms with van der Waals surface area (Å²) in [6.45, 7) is 0.116. The molecule has 1 saturated heterocycles. The fourth-order valence-corrected chi connectivity index (χ4v) is 6.50. The number of hydrogen-bond acceptors (Lipinski definition) is 5. The van der Waals surface area contributed by atoms with Crippen molar-refractivity contribution >= 4 is 45.2 Å². The summed E-state index contributed by atoms with van der Waals surface area (Å²) in [5.41, 5.74) is 2.87. The Bertz CT molecular complexity index is 1450. The average Bonchev–Trinajstić information content (AvgIpc) is 2.87. The van der Waals surface area contributed by atoms with Crippen molar-refractivity contribution in [3.05, 3.63) is 117 Å². The maximum atomic E-state index is 13.6. The predicted molar refractivity (Wildman–Crippen MR) is 142 cm³/mol. The number of halogens is 2. The topological polar surface area (TPSA) is 86.8 Å². The zero-order valence-corrected chi connectivity index (χ0v) is 21.9. The average molecular weight is 556 g/mol. The molecular formula is C27H23Cl2N3O4S. The predicted octanol–water partition coefficient (Wildman–Crippen LogP) is 4.42. The fraction of sp³-hybridized carbons (Fsp3) is 0.185. The summed E-state index contributed by atoms with van der Waals surface area (Å²) in [6.07, 6.45) is 2.35. The summed E-state index contributed by atoms with van der Waals surface area (Å²) in [5, 5.41) is 4.14. The number of hydrogen-bond donors (Lipinski definition) is 1. The van der Waals surface area contributed by atoms with E-state index in [0.717, 1.165) is 26.2 Å². The number of fused-ring (bicyclic) bond motifs is 1. The van der Waals surface area contributed by atoms with E-state index in [2.05, 4.69) is 5.32 Å². The third kappa shape index (κ3) is 5.15. The molecule has 190 valence electrons. The van der Waals surface area contributed by atoms with Gasteiger partial charge in [-0.3, -0.25) is 9.59 Å². The number of carbonyl (C=O) groups excluding carboxylic acids is 2. The van der Waals surface area contributed by atoms with Crippen LogP contribution in [0.3, 0.4) is 0 Å². The van der Waals surface area contributed by atoms with E-state index >= 15 is 0 Å². The van der Waals surface area contributed by atoms with Crippen molar-refractivity contribution in [2.45, 2.75) is 25.6 Å². The highest BCUT2D eigenvalue weighted by atomic mass is 35.5. The van der Waals surface area contributed by atoms with Gasteiger partial charge in [0, 0.05) is 16.6 Å². The van der Waals surface area contributed by atoms with E-state index in [-0.39, 0.29) is 18.7 Å². The van der Waals surface area contributed by atoms with Crippen molar-refractivity contribution in [1.29, 1.82) is 0 Å². The normalized spacial score (nSPS) is 19.1. The third-order valence-corrected chi connectivity index (χ3v) is 8.56. The van der Waals surface area contributed by atoms with E-state index in [9.17, 15) is 18.0 Å². The van der Waals surface area contributed by atoms with Crippen LogP contribution in [-0.4, -0.2) is 35.4 Å². The van der Waals surface area contributed by atoms with Gasteiger partial charge in [0.05, 0.1) is 19.1 Å². The molecule has 1 atom stereocenters. The standard InChI is InChI=1S/C27H23Cl2N3O4S/c28-21-8-3-5-18(13-21)16-31-26(33)24(15-25-23-10-2-1-7-20(23)11-12-30-25)27(34)32(37(31,35)36)17-19-6-4-9-22(29)14-19/h1-10,13-15,25,30H,11-12,16-17H2. The summed E-state index contributed by atoms with van der Waals surface area (Å²) < 4.78 is 28.8. The number of nitrogens with zero attached hydrogens (tertiary/aromatic N) is 2. The summed E-state index contributed by atoms with van der Waals surface area (Å²) in [7, 11) is -4.50. The molecule has 1 unspecified atom stereocenters. The molecule has 0 saturated carbocycles. The van der Waals surface area contributed by atoms with Gasteiger partial charge in [0.25, 0.3) is 11.8 Å². The van der Waals surface area contributed by atoms with E-state index in [4.69, 9.17) is 23.2 Å². The molecule has 7 nitrogen and oxygen atoms in total. The van der Waals surface area contributed by atoms with Gasteiger partial charge in [-0.25, -0.2) is 8.61 Å². The molecule has 5 rings (SSSR count). The van der Waals surface area contributed by atoms with Crippen LogP contribution in [0.25, 0.3) is 0 Å². The van der Waals surface area contributed by atoms with Gasteiger partial charge in [-0.05, 0) is 59.0 Å². The minimum atomic E-state index is -4.50. The van der Waals surface area contributed by atoms with Crippen LogP contribution in [0.15, 0.2) is 84.4 Å². The highest BCUT2D eigenvalue weighted by Crippen LogP contribution is 2.31. The van der Waals surface area contributed by atoms with Crippen molar-refractivity contribution in [3.63, 3.8) is 0 Å². The van der Waals surface area contributed by atoms with E-state index in [0.29, 0.717) is 27.7 Å². The lowest BCUT2D eigenvalue weighted by molar-refractivity contribution is -0.132. The Kier molecular flexibility index (Phi) is 7.09. The molecule has 2 amide bonds. The van der Waals surface area contributed by atoms with Crippen molar-refractivity contribution in [2.75, 3.05) is 6.54 Å². The van der Waals surface area contributed by atoms with Crippen LogP contribution in [0.4, 0.5) is 0 Å². The minimum absolute atomic E-state index is 0.215. The first-order valence-corrected chi connectivity index (χ1v) is 13.8. The Morgan fingerprint density at radius 1 is 0.838 bits per heavy atom. The lowest BCUT2D eigenvalue weighted by Crippen LogP contribution is -2.55. The number of rotatable bonds is 5. The first-order valence-electron chi connectivity index (χ1n) is 11.6. The molecule has 0 spiro atoms. The fourth-order valence-electron chi connectivity index (χ4n) is 4.59. The van der Waals surface area contributed by atoms with Crippen molar-refractivity contribution < 1.29 is 18.0 Å². The van der Waals surface area contributed by atoms with Crippen LogP contribution in [0.2, 0.25) is 10.0 Å². The van der Waals surface area contributed by atoms with Crippen molar-refractivity contribution in [3.8, 4) is 0 Å². The van der Waals surface area contributed by atoms with Gasteiger partial charge in [-0.15, -0.1) is 0 Å². The monoisotopic (exact) mass is 555 g/mol. The molecule has 0 bridgehead atoms. The Morgan fingerprint density at radius 2 is 1.41 bits per heavy atom. The second-order valence-corrected chi connectivity index (χ2v) is 11.5. The molecule has 37 heavy (non-hydrogen) atoms. The molecule has 2 aliphatic rings. The second-order valence-electron chi connectivity index (χ2n) is 8.85. The van der Waals surface area contributed by atoms with E-state index in [1.165, 1.54) is 6.08 Å². The highest BCUT2D eigenvalue weighted by molar-refractivity contribution is 7.88. The van der Waals surface area contributed by atoms with Gasteiger partial charge in [0.15, 0.2) is 0 Å². The van der Waals surface area contributed by atoms with Gasteiger partial charge < -0.3 is 5.32 Å². The van der Waals surface area contributed by atoms with E-state index in [1.807, 2.05) is 24.3 Å². The largest absolute Gasteiger partial charge is 0.331 e. The molecular weight excluding hydrogens is 533 g/mol. The number of nitrogens with one attached hydrogen (secondary N) is 1. The van der Waals surface area contributed by atoms with Crippen molar-refractivity contribution in [1.82, 2.24) is 13.9 Å². The third-order valence-electron chi connectivity index (χ3n) is 6.38. The lowest BCUT2D eigenvalue weighted by atomic mass is 9.93. The smallest absolute Gasteiger partial charge is 0.306 e. The molecule has 10 heteroatoms. The summed E-state index contributed by atoms with van der Waals surface area (Å²) >= 11 is 12.2. The Hall–Kier alpha value is -3.17. The minimum Gasteiger partial charge on any atom is -0.306 e. The Balaban J connectivity index is 1.59. The van der Waals surface area contributed by atoms with Crippen molar-refractivity contribution in [2.24, 2.45) is 0 Å². The maximum absolute atomic E-state index is 13.6. The number of amides is 2. The molecule has 3 aromatic rings. The summed E-state index contributed by atoms with van der Waals surface area (Å²) in [4.78, 5) is 27.3. The van der Waals surface area contributed by atoms with Crippen LogP contribution in [-0.2, 0) is 39.3 Å². The molecule has 0 radical (unpaired) electrons. The Labute approximate surface area is 225 Å². The van der Waals surface area contributed by atoms with Gasteiger partial charge in [0.2, 0.25) is 0 Å². The Morgan fingerprint density at radius 3 is 1.97 bits per heavy atom. The second kappa shape index (κ2) is 10.3. The van der Waals surface area contributed by atoms with Gasteiger partial charge in [-0.2, -0.15) is 8.42 Å². The first kappa shape index (κ1) is 25.5. The molecule has 0 aromatic heterocycles. The highest BCUT2D eigenvalue weighted by Gasteiger charge is 2.47. The molecule has 1 fully saturated rings. The first-order chi connectivity index (χ1) is 17.7. The van der Waals surface area contributed by atoms with Crippen LogP contribution >= 0.6 is 23.2 Å². The zero-order valence-electron chi connectivity index (χ0n) is 19.6. The number of benzene rings is 3. The molecule has 2 heterocycles. The van der Waals surface area contributed by atoms with Crippen LogP contribution in [0.5, 0.6) is 0 Å².